The van der Waals surface area contributed by atoms with Crippen LogP contribution in [0.15, 0.2) is 11.6 Å². The van der Waals surface area contributed by atoms with E-state index in [1.807, 2.05) is 0 Å². The van der Waals surface area contributed by atoms with Gasteiger partial charge in [0.25, 0.3) is 0 Å². The van der Waals surface area contributed by atoms with Crippen LogP contribution in [0.5, 0.6) is 0 Å². The molecule has 0 aromatic rings. The number of nitrogens with one attached hydrogen (secondary N) is 1. The molecule has 4 heteroatoms. The predicted molar refractivity (Wildman–Crippen MR) is 133 cm³/mol. The van der Waals surface area contributed by atoms with Crippen molar-refractivity contribution in [2.75, 3.05) is 13.2 Å². The Bertz CT molecular complexity index is 614. The number of rotatable bonds is 18. The van der Waals surface area contributed by atoms with Crippen molar-refractivity contribution in [3.05, 3.63) is 11.6 Å². The average Bonchev–Trinajstić information content (AvgIpc) is 3.08. The highest BCUT2D eigenvalue weighted by atomic mass is 16.5. The summed E-state index contributed by atoms with van der Waals surface area (Å²) in [5.74, 6) is 6.74. The van der Waals surface area contributed by atoms with E-state index >= 15 is 0 Å². The molecule has 0 fully saturated rings. The first kappa shape index (κ1) is 28.4. The molecule has 0 aliphatic heterocycles. The van der Waals surface area contributed by atoms with Gasteiger partial charge in [0.2, 0.25) is 5.91 Å². The molecule has 4 nitrogen and oxygen atoms in total. The fraction of sp³-hybridized carbons (Fsp3) is 0.786. The van der Waals surface area contributed by atoms with Gasteiger partial charge in [0, 0.05) is 31.6 Å². The number of carbonyl (C=O) groups is 2. The molecule has 0 bridgehead atoms. The summed E-state index contributed by atoms with van der Waals surface area (Å²) in [6.45, 7) is 7.79. The molecular formula is C28H47NO3. The molecule has 0 unspecified atom stereocenters. The van der Waals surface area contributed by atoms with Crippen molar-refractivity contribution in [3.63, 3.8) is 0 Å². The van der Waals surface area contributed by atoms with Crippen LogP contribution in [-0.4, -0.2) is 30.9 Å². The minimum atomic E-state index is -0.203. The van der Waals surface area contributed by atoms with Crippen molar-refractivity contribution in [3.8, 4) is 11.8 Å². The molecule has 1 aliphatic rings. The Morgan fingerprint density at radius 2 is 1.66 bits per heavy atom. The zero-order valence-electron chi connectivity index (χ0n) is 21.0. The monoisotopic (exact) mass is 445 g/mol. The zero-order chi connectivity index (χ0) is 23.4. The number of ketones is 1. The van der Waals surface area contributed by atoms with E-state index in [0.717, 1.165) is 57.1 Å². The maximum Gasteiger partial charge on any atom is 0.219 e. The summed E-state index contributed by atoms with van der Waals surface area (Å²) in [4.78, 5) is 24.4. The SMILES string of the molecule is CCCCCCC#CC1=CC(=O)[C@H](CCCCCCC)[C@H]1OCCCCC(=O)NCCC. The standard InChI is InChI=1S/C28H47NO3/c1-4-7-9-11-13-14-18-24-23-26(30)25(19-15-12-10-8-5-2)28(24)32-22-17-16-20-27(31)29-21-6-3/h23,25,28H,4-13,15-17,19-22H2,1-3H3,(H,29,31)/t25-,28-/m0/s1. The van der Waals surface area contributed by atoms with E-state index in [9.17, 15) is 9.59 Å². The maximum absolute atomic E-state index is 12.7. The highest BCUT2D eigenvalue weighted by Crippen LogP contribution is 2.30. The first-order valence-corrected chi connectivity index (χ1v) is 13.3. The van der Waals surface area contributed by atoms with E-state index in [4.69, 9.17) is 4.74 Å². The number of unbranched alkanes of at least 4 members (excludes halogenated alkanes) is 9. The lowest BCUT2D eigenvalue weighted by molar-refractivity contribution is -0.121. The first-order chi connectivity index (χ1) is 15.6. The molecule has 0 spiro atoms. The highest BCUT2D eigenvalue weighted by molar-refractivity contribution is 5.97. The van der Waals surface area contributed by atoms with Gasteiger partial charge in [0.15, 0.2) is 5.78 Å². The fourth-order valence-corrected chi connectivity index (χ4v) is 4.04. The molecule has 182 valence electrons. The Labute approximate surface area is 197 Å². The van der Waals surface area contributed by atoms with Crippen LogP contribution in [0.1, 0.15) is 117 Å². The summed E-state index contributed by atoms with van der Waals surface area (Å²) in [7, 11) is 0. The van der Waals surface area contributed by atoms with Gasteiger partial charge in [-0.3, -0.25) is 9.59 Å². The molecule has 0 aromatic heterocycles. The number of amides is 1. The lowest BCUT2D eigenvalue weighted by Gasteiger charge is -2.21. The van der Waals surface area contributed by atoms with Crippen molar-refractivity contribution in [2.45, 2.75) is 123 Å². The van der Waals surface area contributed by atoms with Crippen molar-refractivity contribution in [2.24, 2.45) is 5.92 Å². The highest BCUT2D eigenvalue weighted by Gasteiger charge is 2.35. The van der Waals surface area contributed by atoms with Gasteiger partial charge < -0.3 is 10.1 Å². The van der Waals surface area contributed by atoms with Gasteiger partial charge in [0.1, 0.15) is 6.10 Å². The second-order valence-corrected chi connectivity index (χ2v) is 9.02. The van der Waals surface area contributed by atoms with Crippen molar-refractivity contribution >= 4 is 11.7 Å². The summed E-state index contributed by atoms with van der Waals surface area (Å²) in [5.41, 5.74) is 0.865. The minimum absolute atomic E-state index is 0.0890. The van der Waals surface area contributed by atoms with Crippen LogP contribution < -0.4 is 5.32 Å². The van der Waals surface area contributed by atoms with Gasteiger partial charge in [-0.05, 0) is 38.2 Å². The molecule has 1 amide bonds. The molecule has 0 saturated carbocycles. The minimum Gasteiger partial charge on any atom is -0.372 e. The normalized spacial score (nSPS) is 17.7. The lowest BCUT2D eigenvalue weighted by Crippen LogP contribution is -2.26. The Morgan fingerprint density at radius 1 is 0.938 bits per heavy atom. The average molecular weight is 446 g/mol. The van der Waals surface area contributed by atoms with E-state index < -0.39 is 0 Å². The topological polar surface area (TPSA) is 55.4 Å². The Balaban J connectivity index is 2.54. The van der Waals surface area contributed by atoms with Gasteiger partial charge in [-0.1, -0.05) is 84.0 Å². The van der Waals surface area contributed by atoms with Gasteiger partial charge in [0.05, 0.1) is 5.92 Å². The summed E-state index contributed by atoms with van der Waals surface area (Å²) >= 11 is 0. The Kier molecular flexibility index (Phi) is 16.8. The Morgan fingerprint density at radius 3 is 2.38 bits per heavy atom. The molecule has 2 atom stereocenters. The third kappa shape index (κ3) is 12.4. The number of hydrogen-bond acceptors (Lipinski definition) is 3. The fourth-order valence-electron chi connectivity index (χ4n) is 4.04. The smallest absolute Gasteiger partial charge is 0.219 e. The summed E-state index contributed by atoms with van der Waals surface area (Å²) < 4.78 is 6.21. The molecule has 1 aliphatic carbocycles. The van der Waals surface area contributed by atoms with Crippen LogP contribution in [0, 0.1) is 17.8 Å². The Hall–Kier alpha value is -1.60. The number of allylic oxidation sites excluding steroid dienone is 1. The van der Waals surface area contributed by atoms with Crippen LogP contribution in [-0.2, 0) is 14.3 Å². The van der Waals surface area contributed by atoms with Gasteiger partial charge in [-0.25, -0.2) is 0 Å². The van der Waals surface area contributed by atoms with Crippen LogP contribution in [0.3, 0.4) is 0 Å². The third-order valence-electron chi connectivity index (χ3n) is 6.01. The van der Waals surface area contributed by atoms with Crippen molar-refractivity contribution < 1.29 is 14.3 Å². The number of ether oxygens (including phenoxy) is 1. The molecule has 1 N–H and O–H groups in total. The summed E-state index contributed by atoms with van der Waals surface area (Å²) in [6, 6.07) is 0. The number of carbonyl (C=O) groups excluding carboxylic acids is 2. The molecule has 0 saturated heterocycles. The summed E-state index contributed by atoms with van der Waals surface area (Å²) in [5, 5.41) is 2.91. The van der Waals surface area contributed by atoms with Gasteiger partial charge in [-0.2, -0.15) is 0 Å². The summed E-state index contributed by atoms with van der Waals surface area (Å²) in [6.07, 6.45) is 17.2. The molecule has 32 heavy (non-hydrogen) atoms. The van der Waals surface area contributed by atoms with Crippen LogP contribution >= 0.6 is 0 Å². The molecule has 0 aromatic carbocycles. The van der Waals surface area contributed by atoms with E-state index in [-0.39, 0.29) is 23.7 Å². The quantitative estimate of drug-likeness (QED) is 0.193. The molecular weight excluding hydrogens is 398 g/mol. The zero-order valence-corrected chi connectivity index (χ0v) is 21.0. The largest absolute Gasteiger partial charge is 0.372 e. The molecule has 0 radical (unpaired) electrons. The predicted octanol–water partition coefficient (Wildman–Crippen LogP) is 6.53. The van der Waals surface area contributed by atoms with E-state index in [1.54, 1.807) is 6.08 Å². The van der Waals surface area contributed by atoms with Crippen LogP contribution in [0.2, 0.25) is 0 Å². The van der Waals surface area contributed by atoms with Gasteiger partial charge >= 0.3 is 0 Å². The van der Waals surface area contributed by atoms with Gasteiger partial charge in [-0.15, -0.1) is 0 Å². The second-order valence-electron chi connectivity index (χ2n) is 9.02. The van der Waals surface area contributed by atoms with E-state index in [1.165, 1.54) is 44.9 Å². The number of hydrogen-bond donors (Lipinski definition) is 1. The third-order valence-corrected chi connectivity index (χ3v) is 6.01. The maximum atomic E-state index is 12.7. The first-order valence-electron chi connectivity index (χ1n) is 13.3. The van der Waals surface area contributed by atoms with Crippen molar-refractivity contribution in [1.29, 1.82) is 0 Å². The van der Waals surface area contributed by atoms with E-state index in [0.29, 0.717) is 13.0 Å². The molecule has 0 heterocycles. The lowest BCUT2D eigenvalue weighted by atomic mass is 9.93. The van der Waals surface area contributed by atoms with Crippen LogP contribution in [0.25, 0.3) is 0 Å². The van der Waals surface area contributed by atoms with Crippen LogP contribution in [0.4, 0.5) is 0 Å². The van der Waals surface area contributed by atoms with Crippen molar-refractivity contribution in [1.82, 2.24) is 5.32 Å². The second kappa shape index (κ2) is 18.9. The molecule has 1 rings (SSSR count). The van der Waals surface area contributed by atoms with E-state index in [2.05, 4.69) is 37.9 Å².